The number of aliphatic hydroxyl groups excluding tert-OH is 1. The van der Waals surface area contributed by atoms with Crippen molar-refractivity contribution in [1.82, 2.24) is 15.3 Å². The number of hydrogen-bond donors (Lipinski definition) is 2. The van der Waals surface area contributed by atoms with E-state index in [4.69, 9.17) is 4.98 Å². The molecule has 2 aliphatic rings. The van der Waals surface area contributed by atoms with Gasteiger partial charge in [-0.3, -0.25) is 0 Å². The van der Waals surface area contributed by atoms with Gasteiger partial charge in [0.05, 0.1) is 5.69 Å². The smallest absolute Gasteiger partial charge is 0.225 e. The van der Waals surface area contributed by atoms with Gasteiger partial charge in [-0.25, -0.2) is 14.4 Å². The van der Waals surface area contributed by atoms with E-state index in [1.165, 1.54) is 11.6 Å². The van der Waals surface area contributed by atoms with E-state index < -0.39 is 0 Å². The summed E-state index contributed by atoms with van der Waals surface area (Å²) in [4.78, 5) is 11.7. The SMILES string of the molecule is OCC1CCN(c2ncc3c(n2)CCCC3NCc2cccc(F)c2)CC1. The van der Waals surface area contributed by atoms with Crippen LogP contribution in [-0.4, -0.2) is 34.8 Å². The zero-order valence-corrected chi connectivity index (χ0v) is 15.6. The zero-order chi connectivity index (χ0) is 18.6. The first kappa shape index (κ1) is 18.3. The summed E-state index contributed by atoms with van der Waals surface area (Å²) < 4.78 is 13.4. The molecule has 1 aromatic heterocycles. The summed E-state index contributed by atoms with van der Waals surface area (Å²) in [7, 11) is 0. The molecule has 6 heteroatoms. The second-order valence-corrected chi connectivity index (χ2v) is 7.64. The van der Waals surface area contributed by atoms with Crippen LogP contribution in [0.5, 0.6) is 0 Å². The lowest BCUT2D eigenvalue weighted by atomic mass is 9.92. The Morgan fingerprint density at radius 2 is 2.07 bits per heavy atom. The van der Waals surface area contributed by atoms with E-state index >= 15 is 0 Å². The van der Waals surface area contributed by atoms with E-state index in [1.54, 1.807) is 12.1 Å². The van der Waals surface area contributed by atoms with E-state index in [0.717, 1.165) is 62.4 Å². The van der Waals surface area contributed by atoms with Gasteiger partial charge in [-0.15, -0.1) is 0 Å². The van der Waals surface area contributed by atoms with Crippen molar-refractivity contribution in [3.8, 4) is 0 Å². The lowest BCUT2D eigenvalue weighted by Crippen LogP contribution is -2.36. The third-order valence-corrected chi connectivity index (χ3v) is 5.77. The molecule has 0 spiro atoms. The topological polar surface area (TPSA) is 61.3 Å². The van der Waals surface area contributed by atoms with Crippen molar-refractivity contribution in [1.29, 1.82) is 0 Å². The molecule has 1 saturated heterocycles. The summed E-state index contributed by atoms with van der Waals surface area (Å²) in [5, 5.41) is 12.9. The minimum Gasteiger partial charge on any atom is -0.396 e. The quantitative estimate of drug-likeness (QED) is 0.847. The van der Waals surface area contributed by atoms with E-state index in [-0.39, 0.29) is 18.5 Å². The van der Waals surface area contributed by atoms with Crippen molar-refractivity contribution in [2.45, 2.75) is 44.7 Å². The third kappa shape index (κ3) is 4.28. The van der Waals surface area contributed by atoms with Crippen molar-refractivity contribution < 1.29 is 9.50 Å². The number of aromatic nitrogens is 2. The Kier molecular flexibility index (Phi) is 5.64. The normalized spacial score (nSPS) is 20.5. The van der Waals surface area contributed by atoms with Crippen LogP contribution in [0.15, 0.2) is 30.5 Å². The number of halogens is 1. The highest BCUT2D eigenvalue weighted by molar-refractivity contribution is 5.36. The second-order valence-electron chi connectivity index (χ2n) is 7.64. The van der Waals surface area contributed by atoms with E-state index in [2.05, 4.69) is 15.2 Å². The van der Waals surface area contributed by atoms with Crippen LogP contribution in [0.25, 0.3) is 0 Å². The molecular weight excluding hydrogens is 343 g/mol. The summed E-state index contributed by atoms with van der Waals surface area (Å²) >= 11 is 0. The van der Waals surface area contributed by atoms with Crippen molar-refractivity contribution in [2.24, 2.45) is 5.92 Å². The fourth-order valence-electron chi connectivity index (χ4n) is 4.10. The first-order valence-corrected chi connectivity index (χ1v) is 9.92. The molecule has 2 aromatic rings. The Morgan fingerprint density at radius 3 is 2.85 bits per heavy atom. The molecule has 1 unspecified atom stereocenters. The number of aryl methyl sites for hydroxylation is 1. The molecule has 0 bridgehead atoms. The molecule has 1 fully saturated rings. The second kappa shape index (κ2) is 8.31. The van der Waals surface area contributed by atoms with Gasteiger partial charge in [-0.05, 0) is 55.7 Å². The van der Waals surface area contributed by atoms with Crippen LogP contribution in [0.4, 0.5) is 10.3 Å². The minimum absolute atomic E-state index is 0.198. The average molecular weight is 370 g/mol. The van der Waals surface area contributed by atoms with Crippen LogP contribution in [0.2, 0.25) is 0 Å². The van der Waals surface area contributed by atoms with Crippen molar-refractivity contribution in [3.05, 3.63) is 53.1 Å². The Hall–Kier alpha value is -2.05. The Labute approximate surface area is 159 Å². The van der Waals surface area contributed by atoms with Gasteiger partial charge in [-0.1, -0.05) is 12.1 Å². The number of fused-ring (bicyclic) bond motifs is 1. The zero-order valence-electron chi connectivity index (χ0n) is 15.6. The molecule has 0 saturated carbocycles. The van der Waals surface area contributed by atoms with Gasteiger partial charge in [0.15, 0.2) is 0 Å². The first-order valence-electron chi connectivity index (χ1n) is 9.92. The molecule has 1 atom stereocenters. The molecule has 2 heterocycles. The fourth-order valence-corrected chi connectivity index (χ4v) is 4.10. The van der Waals surface area contributed by atoms with Crippen molar-refractivity contribution in [3.63, 3.8) is 0 Å². The predicted molar refractivity (Wildman–Crippen MR) is 103 cm³/mol. The highest BCUT2D eigenvalue weighted by Crippen LogP contribution is 2.30. The Balaban J connectivity index is 1.44. The van der Waals surface area contributed by atoms with Crippen LogP contribution in [-0.2, 0) is 13.0 Å². The van der Waals surface area contributed by atoms with E-state index in [0.29, 0.717) is 12.5 Å². The van der Waals surface area contributed by atoms with Gasteiger partial charge >= 0.3 is 0 Å². The monoisotopic (exact) mass is 370 g/mol. The number of benzene rings is 1. The lowest BCUT2D eigenvalue weighted by molar-refractivity contribution is 0.202. The maximum Gasteiger partial charge on any atom is 0.225 e. The number of hydrogen-bond acceptors (Lipinski definition) is 5. The number of piperidine rings is 1. The molecule has 0 amide bonds. The van der Waals surface area contributed by atoms with Gasteiger partial charge in [0, 0.05) is 44.0 Å². The molecule has 2 N–H and O–H groups in total. The first-order chi connectivity index (χ1) is 13.2. The number of nitrogens with zero attached hydrogens (tertiary/aromatic N) is 3. The standard InChI is InChI=1S/C21H27FN4O/c22-17-4-1-3-16(11-17)12-23-19-5-2-6-20-18(19)13-24-21(25-20)26-9-7-15(14-27)8-10-26/h1,3-4,11,13,15,19,23,27H,2,5-10,12,14H2. The van der Waals surface area contributed by atoms with Crippen LogP contribution in [0.1, 0.15) is 48.5 Å². The van der Waals surface area contributed by atoms with Crippen LogP contribution in [0.3, 0.4) is 0 Å². The maximum absolute atomic E-state index is 13.4. The van der Waals surface area contributed by atoms with E-state index in [1.807, 2.05) is 12.3 Å². The molecule has 1 aromatic carbocycles. The van der Waals surface area contributed by atoms with Crippen molar-refractivity contribution in [2.75, 3.05) is 24.6 Å². The number of nitrogens with one attached hydrogen (secondary N) is 1. The highest BCUT2D eigenvalue weighted by Gasteiger charge is 2.25. The Bertz CT molecular complexity index is 777. The molecule has 27 heavy (non-hydrogen) atoms. The van der Waals surface area contributed by atoms with Crippen LogP contribution in [0, 0.1) is 11.7 Å². The third-order valence-electron chi connectivity index (χ3n) is 5.77. The molecule has 4 rings (SSSR count). The Morgan fingerprint density at radius 1 is 1.22 bits per heavy atom. The average Bonchev–Trinajstić information content (AvgIpc) is 2.72. The largest absolute Gasteiger partial charge is 0.396 e. The molecule has 144 valence electrons. The fraction of sp³-hybridized carbons (Fsp3) is 0.524. The number of aliphatic hydroxyl groups is 1. The summed E-state index contributed by atoms with van der Waals surface area (Å²) in [6, 6.07) is 6.95. The minimum atomic E-state index is -0.198. The van der Waals surface area contributed by atoms with Crippen LogP contribution < -0.4 is 10.2 Å². The van der Waals surface area contributed by atoms with Gasteiger partial charge in [0.25, 0.3) is 0 Å². The highest BCUT2D eigenvalue weighted by atomic mass is 19.1. The predicted octanol–water partition coefficient (Wildman–Crippen LogP) is 2.99. The van der Waals surface area contributed by atoms with Gasteiger partial charge < -0.3 is 15.3 Å². The molecule has 0 radical (unpaired) electrons. The van der Waals surface area contributed by atoms with Crippen LogP contribution >= 0.6 is 0 Å². The van der Waals surface area contributed by atoms with Gasteiger partial charge in [0.2, 0.25) is 5.95 Å². The van der Waals surface area contributed by atoms with Gasteiger partial charge in [0.1, 0.15) is 5.82 Å². The summed E-state index contributed by atoms with van der Waals surface area (Å²) in [6.07, 6.45) is 7.08. The maximum atomic E-state index is 13.4. The molecular formula is C21H27FN4O. The van der Waals surface area contributed by atoms with Crippen molar-refractivity contribution >= 4 is 5.95 Å². The number of rotatable bonds is 5. The summed E-state index contributed by atoms with van der Waals surface area (Å²) in [5.74, 6) is 1.03. The molecule has 1 aliphatic carbocycles. The van der Waals surface area contributed by atoms with Gasteiger partial charge in [-0.2, -0.15) is 0 Å². The molecule has 5 nitrogen and oxygen atoms in total. The summed E-state index contributed by atoms with van der Waals surface area (Å²) in [6.45, 7) is 2.73. The molecule has 1 aliphatic heterocycles. The summed E-state index contributed by atoms with van der Waals surface area (Å²) in [5.41, 5.74) is 3.25. The van der Waals surface area contributed by atoms with E-state index in [9.17, 15) is 9.50 Å². The number of anilines is 1. The lowest BCUT2D eigenvalue weighted by Gasteiger charge is -2.32.